The summed E-state index contributed by atoms with van der Waals surface area (Å²) in [5, 5.41) is 1.35. The zero-order chi connectivity index (χ0) is 23.5. The number of fused-ring (bicyclic) bond motifs is 1. The quantitative estimate of drug-likeness (QED) is 0.300. The van der Waals surface area contributed by atoms with E-state index in [1.165, 1.54) is 14.0 Å². The van der Waals surface area contributed by atoms with Gasteiger partial charge in [0.05, 0.1) is 12.0 Å². The first kappa shape index (κ1) is 23.1. The first-order valence-electron chi connectivity index (χ1n) is 10.1. The van der Waals surface area contributed by atoms with Crippen LogP contribution in [0.4, 0.5) is 4.79 Å². The molecule has 168 valence electrons. The lowest BCUT2D eigenvalue weighted by Crippen LogP contribution is -2.42. The Hall–Kier alpha value is -3.10. The molecule has 1 atom stereocenters. The monoisotopic (exact) mass is 525 g/mol. The lowest BCUT2D eigenvalue weighted by molar-refractivity contribution is -0.148. The summed E-state index contributed by atoms with van der Waals surface area (Å²) in [5.41, 5.74) is 1.69. The van der Waals surface area contributed by atoms with Gasteiger partial charge < -0.3 is 9.47 Å². The standard InChI is InChI=1S/C25H20BrNO5S/c1-15(24(29)31-2)27-23(28)22(33-25(27)30)13-20-19-6-4-3-5-17(19)9-12-21(20)32-14-16-7-10-18(26)11-8-16/h3-13,15H,14H2,1-2H3/b22-13+/t15-/m1/s1. The third-order valence-electron chi connectivity index (χ3n) is 5.27. The number of thioether (sulfide) groups is 1. The van der Waals surface area contributed by atoms with E-state index < -0.39 is 23.2 Å². The third kappa shape index (κ3) is 4.82. The van der Waals surface area contributed by atoms with Crippen LogP contribution < -0.4 is 4.74 Å². The van der Waals surface area contributed by atoms with Crippen LogP contribution in [-0.2, 0) is 20.9 Å². The van der Waals surface area contributed by atoms with E-state index in [-0.39, 0.29) is 4.91 Å². The largest absolute Gasteiger partial charge is 0.488 e. The Labute approximate surface area is 203 Å². The van der Waals surface area contributed by atoms with Crippen LogP contribution in [0.5, 0.6) is 5.75 Å². The number of carbonyl (C=O) groups is 3. The van der Waals surface area contributed by atoms with E-state index in [0.717, 1.165) is 37.5 Å². The highest BCUT2D eigenvalue weighted by atomic mass is 79.9. The second-order valence-corrected chi connectivity index (χ2v) is 9.27. The number of hydrogen-bond acceptors (Lipinski definition) is 6. The van der Waals surface area contributed by atoms with E-state index in [4.69, 9.17) is 9.47 Å². The van der Waals surface area contributed by atoms with Crippen molar-refractivity contribution in [1.29, 1.82) is 0 Å². The third-order valence-corrected chi connectivity index (χ3v) is 6.68. The van der Waals surface area contributed by atoms with E-state index in [1.54, 1.807) is 6.08 Å². The van der Waals surface area contributed by atoms with Crippen LogP contribution in [0.25, 0.3) is 16.8 Å². The molecule has 0 saturated carbocycles. The average Bonchev–Trinajstić information content (AvgIpc) is 3.11. The Balaban J connectivity index is 1.71. The molecule has 1 aliphatic heterocycles. The fraction of sp³-hybridized carbons (Fsp3) is 0.160. The Bertz CT molecular complexity index is 1270. The van der Waals surface area contributed by atoms with Crippen molar-refractivity contribution in [2.45, 2.75) is 19.6 Å². The smallest absolute Gasteiger partial charge is 0.328 e. The number of rotatable bonds is 6. The van der Waals surface area contributed by atoms with Crippen molar-refractivity contribution in [2.75, 3.05) is 7.11 Å². The maximum Gasteiger partial charge on any atom is 0.328 e. The van der Waals surface area contributed by atoms with Gasteiger partial charge in [-0.15, -0.1) is 0 Å². The van der Waals surface area contributed by atoms with E-state index in [1.807, 2.05) is 60.7 Å². The second kappa shape index (κ2) is 9.80. The second-order valence-electron chi connectivity index (χ2n) is 7.36. The summed E-state index contributed by atoms with van der Waals surface area (Å²) in [6, 6.07) is 18.4. The molecule has 0 aromatic heterocycles. The number of hydrogen-bond donors (Lipinski definition) is 0. The molecule has 0 bridgehead atoms. The first-order valence-corrected chi connectivity index (χ1v) is 11.7. The van der Waals surface area contributed by atoms with Crippen LogP contribution in [-0.4, -0.2) is 35.2 Å². The molecular weight excluding hydrogens is 506 g/mol. The van der Waals surface area contributed by atoms with Gasteiger partial charge in [0, 0.05) is 10.0 Å². The first-order chi connectivity index (χ1) is 15.9. The van der Waals surface area contributed by atoms with Gasteiger partial charge in [-0.05, 0) is 59.3 Å². The molecule has 4 rings (SSSR count). The molecule has 0 unspecified atom stereocenters. The maximum absolute atomic E-state index is 13.0. The summed E-state index contributed by atoms with van der Waals surface area (Å²) in [6.45, 7) is 1.81. The van der Waals surface area contributed by atoms with Gasteiger partial charge in [0.1, 0.15) is 18.4 Å². The van der Waals surface area contributed by atoms with E-state index in [9.17, 15) is 14.4 Å². The lowest BCUT2D eigenvalue weighted by atomic mass is 10.0. The summed E-state index contributed by atoms with van der Waals surface area (Å²) in [5.74, 6) is -0.596. The fourth-order valence-corrected chi connectivity index (χ4v) is 4.67. The average molecular weight is 526 g/mol. The van der Waals surface area contributed by atoms with Gasteiger partial charge >= 0.3 is 5.97 Å². The van der Waals surface area contributed by atoms with Crippen molar-refractivity contribution in [2.24, 2.45) is 0 Å². The Morgan fingerprint density at radius 3 is 2.55 bits per heavy atom. The van der Waals surface area contributed by atoms with Crippen molar-refractivity contribution >= 4 is 61.7 Å². The molecule has 6 nitrogen and oxygen atoms in total. The predicted molar refractivity (Wildman–Crippen MR) is 132 cm³/mol. The molecule has 33 heavy (non-hydrogen) atoms. The number of benzene rings is 3. The molecule has 0 radical (unpaired) electrons. The van der Waals surface area contributed by atoms with Crippen LogP contribution in [0.2, 0.25) is 0 Å². The van der Waals surface area contributed by atoms with Gasteiger partial charge in [-0.1, -0.05) is 58.4 Å². The molecule has 0 aliphatic carbocycles. The highest BCUT2D eigenvalue weighted by Crippen LogP contribution is 2.38. The van der Waals surface area contributed by atoms with Crippen molar-refractivity contribution in [3.63, 3.8) is 0 Å². The van der Waals surface area contributed by atoms with Gasteiger partial charge in [-0.25, -0.2) is 4.79 Å². The molecule has 3 aromatic rings. The van der Waals surface area contributed by atoms with Crippen LogP contribution >= 0.6 is 27.7 Å². The van der Waals surface area contributed by atoms with Crippen molar-refractivity contribution in [3.8, 4) is 5.75 Å². The molecule has 0 spiro atoms. The van der Waals surface area contributed by atoms with Crippen molar-refractivity contribution in [3.05, 3.63) is 81.2 Å². The fourth-order valence-electron chi connectivity index (χ4n) is 3.51. The minimum atomic E-state index is -1.01. The Morgan fingerprint density at radius 2 is 1.82 bits per heavy atom. The molecule has 1 fully saturated rings. The van der Waals surface area contributed by atoms with Gasteiger partial charge in [0.2, 0.25) is 0 Å². The summed E-state index contributed by atoms with van der Waals surface area (Å²) in [7, 11) is 1.22. The number of imide groups is 1. The number of carbonyl (C=O) groups excluding carboxylic acids is 3. The molecule has 1 saturated heterocycles. The number of esters is 1. The van der Waals surface area contributed by atoms with Crippen LogP contribution in [0, 0.1) is 0 Å². The SMILES string of the molecule is COC(=O)[C@@H](C)N1C(=O)S/C(=C/c2c(OCc3ccc(Br)cc3)ccc3ccccc23)C1=O. The number of halogens is 1. The zero-order valence-corrected chi connectivity index (χ0v) is 20.3. The summed E-state index contributed by atoms with van der Waals surface area (Å²) < 4.78 is 11.8. The molecule has 3 aromatic carbocycles. The normalized spacial score (nSPS) is 15.8. The van der Waals surface area contributed by atoms with Gasteiger partial charge in [0.25, 0.3) is 11.1 Å². The van der Waals surface area contributed by atoms with Crippen molar-refractivity contribution in [1.82, 2.24) is 4.90 Å². The summed E-state index contributed by atoms with van der Waals surface area (Å²) in [6.07, 6.45) is 1.66. The van der Waals surface area contributed by atoms with Crippen LogP contribution in [0.15, 0.2) is 70.0 Å². The van der Waals surface area contributed by atoms with Crippen LogP contribution in [0.1, 0.15) is 18.1 Å². The highest BCUT2D eigenvalue weighted by Gasteiger charge is 2.41. The van der Waals surface area contributed by atoms with Crippen LogP contribution in [0.3, 0.4) is 0 Å². The molecule has 2 amide bonds. The number of ether oxygens (including phenoxy) is 2. The van der Waals surface area contributed by atoms with Gasteiger partial charge in [0.15, 0.2) is 0 Å². The minimum absolute atomic E-state index is 0.223. The predicted octanol–water partition coefficient (Wildman–Crippen LogP) is 5.78. The van der Waals surface area contributed by atoms with Gasteiger partial charge in [-0.3, -0.25) is 14.5 Å². The topological polar surface area (TPSA) is 72.9 Å². The summed E-state index contributed by atoms with van der Waals surface area (Å²) >= 11 is 4.22. The maximum atomic E-state index is 13.0. The number of methoxy groups -OCH3 is 1. The lowest BCUT2D eigenvalue weighted by Gasteiger charge is -2.18. The highest BCUT2D eigenvalue weighted by molar-refractivity contribution is 9.10. The summed E-state index contributed by atoms with van der Waals surface area (Å²) in [4.78, 5) is 38.6. The Morgan fingerprint density at radius 1 is 1.09 bits per heavy atom. The van der Waals surface area contributed by atoms with E-state index in [2.05, 4.69) is 15.9 Å². The molecule has 0 N–H and O–H groups in total. The number of nitrogens with zero attached hydrogens (tertiary/aromatic N) is 1. The molecule has 1 heterocycles. The minimum Gasteiger partial charge on any atom is -0.488 e. The van der Waals surface area contributed by atoms with E-state index >= 15 is 0 Å². The van der Waals surface area contributed by atoms with E-state index in [0.29, 0.717) is 17.9 Å². The molecular formula is C25H20BrNO5S. The molecule has 1 aliphatic rings. The number of amides is 2. The Kier molecular flexibility index (Phi) is 6.85. The van der Waals surface area contributed by atoms with Gasteiger partial charge in [-0.2, -0.15) is 0 Å². The molecule has 8 heteroatoms. The van der Waals surface area contributed by atoms with Crippen molar-refractivity contribution < 1.29 is 23.9 Å². The zero-order valence-electron chi connectivity index (χ0n) is 17.9.